The summed E-state index contributed by atoms with van der Waals surface area (Å²) in [5.41, 5.74) is -2.92. The van der Waals surface area contributed by atoms with E-state index in [1.807, 2.05) is 6.07 Å². The molecule has 0 spiro atoms. The Hall–Kier alpha value is -2.40. The quantitative estimate of drug-likeness (QED) is 0.693. The molecule has 0 amide bonds. The molecule has 5 unspecified atom stereocenters. The first-order chi connectivity index (χ1) is 13.9. The van der Waals surface area contributed by atoms with E-state index in [1.165, 1.54) is 0 Å². The van der Waals surface area contributed by atoms with Crippen molar-refractivity contribution in [2.45, 2.75) is 50.9 Å². The maximum absolute atomic E-state index is 10.4. The number of nitrogens with one attached hydrogen (secondary N) is 1. The Morgan fingerprint density at radius 1 is 1.24 bits per heavy atom. The van der Waals surface area contributed by atoms with Gasteiger partial charge >= 0.3 is 0 Å². The van der Waals surface area contributed by atoms with Gasteiger partial charge < -0.3 is 9.47 Å². The fraction of sp³-hybridized carbons (Fsp3) is 0.545. The van der Waals surface area contributed by atoms with Crippen LogP contribution < -0.4 is 0 Å². The van der Waals surface area contributed by atoms with Gasteiger partial charge in [0.1, 0.15) is 6.10 Å². The number of ether oxygens (including phenoxy) is 2. The molecular weight excluding hydrogens is 432 g/mol. The lowest BCUT2D eigenvalue weighted by atomic mass is 9.50. The van der Waals surface area contributed by atoms with E-state index in [4.69, 9.17) is 14.9 Å². The molecule has 6 nitrogen and oxygen atoms in total. The van der Waals surface area contributed by atoms with Crippen molar-refractivity contribution in [3.8, 4) is 18.2 Å². The summed E-state index contributed by atoms with van der Waals surface area (Å²) in [4.78, 5) is 0. The van der Waals surface area contributed by atoms with Gasteiger partial charge in [-0.1, -0.05) is 47.8 Å². The standard InChI is InChI=1S/C22H21BrN4O2/c1-2-4-14-7-8-22-17(9-14)21(13-26,19(27)29-22)20(11-24,12-25)18(28-22)15-5-3-6-16(23)10-15/h3,5-6,10,14,17-18,27H,2,4,7-9H2,1H3. The predicted octanol–water partition coefficient (Wildman–Crippen LogP) is 4.98. The molecule has 4 rings (SSSR count). The minimum absolute atomic E-state index is 0.303. The van der Waals surface area contributed by atoms with E-state index >= 15 is 0 Å². The van der Waals surface area contributed by atoms with Crippen molar-refractivity contribution in [3.63, 3.8) is 0 Å². The zero-order chi connectivity index (χ0) is 20.9. The normalized spacial score (nSPS) is 36.8. The molecule has 2 bridgehead atoms. The smallest absolute Gasteiger partial charge is 0.217 e. The van der Waals surface area contributed by atoms with Crippen LogP contribution in [0.4, 0.5) is 0 Å². The molecule has 1 aromatic carbocycles. The van der Waals surface area contributed by atoms with Crippen molar-refractivity contribution in [3.05, 3.63) is 34.3 Å². The second kappa shape index (κ2) is 6.84. The second-order valence-corrected chi connectivity index (χ2v) is 9.14. The van der Waals surface area contributed by atoms with Crippen molar-refractivity contribution in [1.82, 2.24) is 0 Å². The summed E-state index contributed by atoms with van der Waals surface area (Å²) in [6, 6.07) is 13.7. The lowest BCUT2D eigenvalue weighted by Gasteiger charge is -2.52. The molecule has 0 radical (unpaired) electrons. The average Bonchev–Trinajstić information content (AvgIpc) is 2.92. The number of hydrogen-bond acceptors (Lipinski definition) is 6. The molecule has 3 aliphatic rings. The molecule has 2 aliphatic heterocycles. The third-order valence-corrected chi connectivity index (χ3v) is 7.36. The number of nitriles is 3. The first kappa shape index (κ1) is 19.9. The van der Waals surface area contributed by atoms with Crippen LogP contribution in [-0.4, -0.2) is 11.7 Å². The summed E-state index contributed by atoms with van der Waals surface area (Å²) in [6.45, 7) is 2.12. The minimum Gasteiger partial charge on any atom is -0.447 e. The third kappa shape index (κ3) is 2.43. The van der Waals surface area contributed by atoms with Crippen LogP contribution in [0.5, 0.6) is 0 Å². The lowest BCUT2D eigenvalue weighted by Crippen LogP contribution is -2.61. The molecule has 1 saturated carbocycles. The second-order valence-electron chi connectivity index (χ2n) is 8.23. The van der Waals surface area contributed by atoms with Gasteiger partial charge in [0.15, 0.2) is 5.41 Å². The van der Waals surface area contributed by atoms with E-state index in [2.05, 4.69) is 41.1 Å². The Kier molecular flexibility index (Phi) is 4.69. The van der Waals surface area contributed by atoms with Crippen LogP contribution in [0, 0.1) is 62.1 Å². The first-order valence-corrected chi connectivity index (χ1v) is 10.7. The van der Waals surface area contributed by atoms with Crippen LogP contribution in [0.3, 0.4) is 0 Å². The monoisotopic (exact) mass is 452 g/mol. The van der Waals surface area contributed by atoms with Gasteiger partial charge in [-0.3, -0.25) is 5.41 Å². The van der Waals surface area contributed by atoms with E-state index in [0.717, 1.165) is 23.7 Å². The van der Waals surface area contributed by atoms with Gasteiger partial charge in [0.25, 0.3) is 0 Å². The van der Waals surface area contributed by atoms with E-state index in [9.17, 15) is 15.8 Å². The molecule has 0 aromatic heterocycles. The largest absolute Gasteiger partial charge is 0.447 e. The highest BCUT2D eigenvalue weighted by atomic mass is 79.9. The molecule has 3 fully saturated rings. The number of rotatable bonds is 3. The Morgan fingerprint density at radius 3 is 2.62 bits per heavy atom. The molecular formula is C22H21BrN4O2. The van der Waals surface area contributed by atoms with Crippen molar-refractivity contribution in [2.75, 3.05) is 0 Å². The maximum atomic E-state index is 10.4. The van der Waals surface area contributed by atoms with Crippen LogP contribution in [-0.2, 0) is 9.47 Å². The Labute approximate surface area is 178 Å². The van der Waals surface area contributed by atoms with E-state index in [-0.39, 0.29) is 5.90 Å². The highest BCUT2D eigenvalue weighted by Gasteiger charge is 2.80. The zero-order valence-corrected chi connectivity index (χ0v) is 17.7. The summed E-state index contributed by atoms with van der Waals surface area (Å²) in [5, 5.41) is 39.5. The molecule has 2 saturated heterocycles. The van der Waals surface area contributed by atoms with Crippen molar-refractivity contribution < 1.29 is 9.47 Å². The Bertz CT molecular complexity index is 976. The van der Waals surface area contributed by atoms with Gasteiger partial charge in [0.05, 0.1) is 24.1 Å². The molecule has 5 atom stereocenters. The molecule has 29 heavy (non-hydrogen) atoms. The van der Waals surface area contributed by atoms with Crippen LogP contribution in [0.1, 0.15) is 50.7 Å². The van der Waals surface area contributed by atoms with Crippen molar-refractivity contribution in [1.29, 1.82) is 21.2 Å². The third-order valence-electron chi connectivity index (χ3n) is 6.87. The van der Waals surface area contributed by atoms with Crippen LogP contribution >= 0.6 is 15.9 Å². The molecule has 7 heteroatoms. The van der Waals surface area contributed by atoms with Crippen molar-refractivity contribution >= 4 is 21.8 Å². The molecule has 2 heterocycles. The van der Waals surface area contributed by atoms with Gasteiger partial charge in [-0.25, -0.2) is 0 Å². The summed E-state index contributed by atoms with van der Waals surface area (Å²) < 4.78 is 13.2. The topological polar surface area (TPSA) is 114 Å². The fourth-order valence-electron chi connectivity index (χ4n) is 5.56. The highest BCUT2D eigenvalue weighted by Crippen LogP contribution is 2.70. The molecule has 1 N–H and O–H groups in total. The van der Waals surface area contributed by atoms with Crippen LogP contribution in [0.25, 0.3) is 0 Å². The Morgan fingerprint density at radius 2 is 2.00 bits per heavy atom. The Balaban J connectivity index is 1.93. The van der Waals surface area contributed by atoms with E-state index < -0.39 is 28.6 Å². The molecule has 1 aliphatic carbocycles. The van der Waals surface area contributed by atoms with Crippen LogP contribution in [0.2, 0.25) is 0 Å². The van der Waals surface area contributed by atoms with Crippen LogP contribution in [0.15, 0.2) is 28.7 Å². The van der Waals surface area contributed by atoms with Crippen molar-refractivity contribution in [2.24, 2.45) is 22.7 Å². The number of nitrogens with zero attached hydrogens (tertiary/aromatic N) is 3. The van der Waals surface area contributed by atoms with Gasteiger partial charge in [0.2, 0.25) is 17.1 Å². The van der Waals surface area contributed by atoms with Gasteiger partial charge in [-0.05, 0) is 36.5 Å². The predicted molar refractivity (Wildman–Crippen MR) is 107 cm³/mol. The lowest BCUT2D eigenvalue weighted by molar-refractivity contribution is -0.299. The number of halogens is 1. The fourth-order valence-corrected chi connectivity index (χ4v) is 5.97. The summed E-state index contributed by atoms with van der Waals surface area (Å²) in [7, 11) is 0. The maximum Gasteiger partial charge on any atom is 0.217 e. The van der Waals surface area contributed by atoms with Gasteiger partial charge in [-0.2, -0.15) is 15.8 Å². The summed E-state index contributed by atoms with van der Waals surface area (Å²) in [5.74, 6) is -1.59. The highest BCUT2D eigenvalue weighted by molar-refractivity contribution is 9.10. The number of hydrogen-bond donors (Lipinski definition) is 1. The molecule has 148 valence electrons. The average molecular weight is 453 g/mol. The number of benzene rings is 1. The van der Waals surface area contributed by atoms with E-state index in [0.29, 0.717) is 24.3 Å². The van der Waals surface area contributed by atoms with E-state index in [1.54, 1.807) is 18.2 Å². The summed E-state index contributed by atoms with van der Waals surface area (Å²) in [6.07, 6.45) is 3.06. The minimum atomic E-state index is -1.88. The van der Waals surface area contributed by atoms with Gasteiger partial charge in [0, 0.05) is 10.9 Å². The molecule has 1 aromatic rings. The first-order valence-electron chi connectivity index (χ1n) is 9.88. The summed E-state index contributed by atoms with van der Waals surface area (Å²) >= 11 is 3.43. The zero-order valence-electron chi connectivity index (χ0n) is 16.1. The van der Waals surface area contributed by atoms with Gasteiger partial charge in [-0.15, -0.1) is 0 Å². The SMILES string of the molecule is CCCC1CCC23OC(=N)C(C#N)(C2C1)C(C#N)(C#N)C(c1cccc(Br)c1)O3.